The molecule has 1 aromatic rings. The molecule has 1 N–H and O–H groups in total. The van der Waals surface area contributed by atoms with Crippen molar-refractivity contribution in [3.8, 4) is 5.75 Å². The van der Waals surface area contributed by atoms with Crippen molar-refractivity contribution in [2.24, 2.45) is 0 Å². The van der Waals surface area contributed by atoms with E-state index in [4.69, 9.17) is 0 Å². The van der Waals surface area contributed by atoms with Crippen LogP contribution in [0.15, 0.2) is 29.2 Å². The van der Waals surface area contributed by atoms with Crippen LogP contribution in [0.25, 0.3) is 0 Å². The fourth-order valence-corrected chi connectivity index (χ4v) is 2.73. The lowest BCUT2D eigenvalue weighted by atomic mass is 10.3. The van der Waals surface area contributed by atoms with Gasteiger partial charge in [-0.25, -0.2) is 8.42 Å². The van der Waals surface area contributed by atoms with Gasteiger partial charge < -0.3 is 10.1 Å². The number of amides is 1. The number of alkyl halides is 3. The second-order valence-corrected chi connectivity index (χ2v) is 6.68. The van der Waals surface area contributed by atoms with Crippen LogP contribution in [0.5, 0.6) is 5.75 Å². The summed E-state index contributed by atoms with van der Waals surface area (Å²) in [6.07, 6.45) is -4.14. The van der Waals surface area contributed by atoms with Gasteiger partial charge in [0, 0.05) is 13.6 Å². The van der Waals surface area contributed by atoms with Crippen molar-refractivity contribution in [3.05, 3.63) is 24.3 Å². The summed E-state index contributed by atoms with van der Waals surface area (Å²) in [4.78, 5) is 11.3. The van der Waals surface area contributed by atoms with E-state index in [0.29, 0.717) is 13.0 Å². The first-order chi connectivity index (χ1) is 10.6. The monoisotopic (exact) mass is 354 g/mol. The summed E-state index contributed by atoms with van der Waals surface area (Å²) in [6, 6.07) is 3.75. The third-order valence-electron chi connectivity index (χ3n) is 2.70. The van der Waals surface area contributed by atoms with E-state index < -0.39 is 28.0 Å². The Bertz CT molecular complexity index is 630. The largest absolute Gasteiger partial charge is 0.573 e. The Morgan fingerprint density at radius 3 is 2.30 bits per heavy atom. The lowest BCUT2D eigenvalue weighted by Gasteiger charge is -2.17. The van der Waals surface area contributed by atoms with Crippen LogP contribution >= 0.6 is 0 Å². The minimum atomic E-state index is -4.85. The summed E-state index contributed by atoms with van der Waals surface area (Å²) in [6.45, 7) is 1.89. The van der Waals surface area contributed by atoms with Gasteiger partial charge in [0.05, 0.1) is 11.4 Å². The SMILES string of the molecule is CCCNC(=O)CN(C)S(=O)(=O)c1ccc(OC(F)(F)F)cc1. The van der Waals surface area contributed by atoms with E-state index in [1.54, 1.807) is 0 Å². The highest BCUT2D eigenvalue weighted by Crippen LogP contribution is 2.24. The van der Waals surface area contributed by atoms with Crippen molar-refractivity contribution in [1.82, 2.24) is 9.62 Å². The molecule has 23 heavy (non-hydrogen) atoms. The Labute approximate surface area is 132 Å². The number of carbonyl (C=O) groups excluding carboxylic acids is 1. The zero-order valence-corrected chi connectivity index (χ0v) is 13.4. The predicted molar refractivity (Wildman–Crippen MR) is 76.2 cm³/mol. The zero-order valence-electron chi connectivity index (χ0n) is 12.6. The molecule has 0 fully saturated rings. The average Bonchev–Trinajstić information content (AvgIpc) is 2.43. The maximum Gasteiger partial charge on any atom is 0.573 e. The van der Waals surface area contributed by atoms with Gasteiger partial charge in [-0.1, -0.05) is 6.92 Å². The van der Waals surface area contributed by atoms with Gasteiger partial charge >= 0.3 is 6.36 Å². The quantitative estimate of drug-likeness (QED) is 0.809. The van der Waals surface area contributed by atoms with Gasteiger partial charge in [-0.3, -0.25) is 4.79 Å². The molecule has 1 rings (SSSR count). The van der Waals surface area contributed by atoms with E-state index in [1.165, 1.54) is 7.05 Å². The summed E-state index contributed by atoms with van der Waals surface area (Å²) in [5.74, 6) is -0.991. The molecule has 130 valence electrons. The van der Waals surface area contributed by atoms with Crippen LogP contribution in [0.4, 0.5) is 13.2 Å². The van der Waals surface area contributed by atoms with Crippen molar-refractivity contribution in [2.75, 3.05) is 20.1 Å². The number of carbonyl (C=O) groups is 1. The number of nitrogens with one attached hydrogen (secondary N) is 1. The molecule has 0 aliphatic rings. The third-order valence-corrected chi connectivity index (χ3v) is 4.52. The summed E-state index contributed by atoms with van der Waals surface area (Å²) in [7, 11) is -2.77. The summed E-state index contributed by atoms with van der Waals surface area (Å²) >= 11 is 0. The maximum absolute atomic E-state index is 12.2. The van der Waals surface area contributed by atoms with E-state index in [1.807, 2.05) is 6.92 Å². The van der Waals surface area contributed by atoms with Crippen LogP contribution in [-0.4, -0.2) is 45.1 Å². The molecule has 10 heteroatoms. The molecule has 1 aromatic carbocycles. The van der Waals surface area contributed by atoms with Gasteiger partial charge in [0.1, 0.15) is 5.75 Å². The molecule has 0 spiro atoms. The van der Waals surface area contributed by atoms with Crippen molar-refractivity contribution in [2.45, 2.75) is 24.6 Å². The van der Waals surface area contributed by atoms with Crippen LogP contribution in [-0.2, 0) is 14.8 Å². The molecular weight excluding hydrogens is 337 g/mol. The highest BCUT2D eigenvalue weighted by Gasteiger charge is 2.31. The van der Waals surface area contributed by atoms with Crippen LogP contribution in [0.2, 0.25) is 0 Å². The summed E-state index contributed by atoms with van der Waals surface area (Å²) in [5.41, 5.74) is 0. The highest BCUT2D eigenvalue weighted by molar-refractivity contribution is 7.89. The van der Waals surface area contributed by atoms with Crippen LogP contribution < -0.4 is 10.1 Å². The number of hydrogen-bond acceptors (Lipinski definition) is 4. The number of rotatable bonds is 7. The minimum absolute atomic E-state index is 0.238. The van der Waals surface area contributed by atoms with Crippen LogP contribution in [0, 0.1) is 0 Å². The van der Waals surface area contributed by atoms with Gasteiger partial charge in [0.15, 0.2) is 0 Å². The first kappa shape index (κ1) is 19.2. The number of sulfonamides is 1. The number of benzene rings is 1. The number of nitrogens with zero attached hydrogens (tertiary/aromatic N) is 1. The second-order valence-electron chi connectivity index (χ2n) is 4.63. The molecule has 0 unspecified atom stereocenters. The standard InChI is InChI=1S/C13H17F3N2O4S/c1-3-8-17-12(19)9-18(2)23(20,21)11-6-4-10(5-7-11)22-13(14,15)16/h4-7H,3,8-9H2,1-2H3,(H,17,19). The fourth-order valence-electron chi connectivity index (χ4n) is 1.60. The van der Waals surface area contributed by atoms with E-state index in [2.05, 4.69) is 10.1 Å². The molecular formula is C13H17F3N2O4S. The molecule has 0 bridgehead atoms. The Morgan fingerprint density at radius 2 is 1.83 bits per heavy atom. The molecule has 0 aromatic heterocycles. The van der Waals surface area contributed by atoms with Gasteiger partial charge in [0.2, 0.25) is 15.9 Å². The van der Waals surface area contributed by atoms with Gasteiger partial charge in [-0.05, 0) is 30.7 Å². The van der Waals surface area contributed by atoms with Crippen LogP contribution in [0.1, 0.15) is 13.3 Å². The minimum Gasteiger partial charge on any atom is -0.406 e. The lowest BCUT2D eigenvalue weighted by Crippen LogP contribution is -2.38. The number of halogens is 3. The normalized spacial score (nSPS) is 12.3. The van der Waals surface area contributed by atoms with E-state index >= 15 is 0 Å². The summed E-state index contributed by atoms with van der Waals surface area (Å²) < 4.78 is 65.1. The molecule has 0 heterocycles. The van der Waals surface area contributed by atoms with Gasteiger partial charge in [-0.15, -0.1) is 13.2 Å². The molecule has 6 nitrogen and oxygen atoms in total. The van der Waals surface area contributed by atoms with Crippen molar-refractivity contribution >= 4 is 15.9 Å². The highest BCUT2D eigenvalue weighted by atomic mass is 32.2. The maximum atomic E-state index is 12.2. The molecule has 0 atom stereocenters. The smallest absolute Gasteiger partial charge is 0.406 e. The first-order valence-electron chi connectivity index (χ1n) is 6.65. The molecule has 0 saturated heterocycles. The summed E-state index contributed by atoms with van der Waals surface area (Å²) in [5, 5.41) is 2.53. The van der Waals surface area contributed by atoms with Crippen molar-refractivity contribution in [1.29, 1.82) is 0 Å². The van der Waals surface area contributed by atoms with Crippen LogP contribution in [0.3, 0.4) is 0 Å². The Morgan fingerprint density at radius 1 is 1.26 bits per heavy atom. The van der Waals surface area contributed by atoms with E-state index in [-0.39, 0.29) is 11.4 Å². The zero-order chi connectivity index (χ0) is 17.7. The number of likely N-dealkylation sites (N-methyl/N-ethyl adjacent to an activating group) is 1. The van der Waals surface area contributed by atoms with Gasteiger partial charge in [-0.2, -0.15) is 4.31 Å². The lowest BCUT2D eigenvalue weighted by molar-refractivity contribution is -0.274. The predicted octanol–water partition coefficient (Wildman–Crippen LogP) is 1.73. The molecule has 0 saturated carbocycles. The van der Waals surface area contributed by atoms with Gasteiger partial charge in [0.25, 0.3) is 0 Å². The Hall–Kier alpha value is -1.81. The Balaban J connectivity index is 2.81. The number of ether oxygens (including phenoxy) is 1. The second kappa shape index (κ2) is 7.64. The molecule has 1 amide bonds. The topological polar surface area (TPSA) is 75.7 Å². The average molecular weight is 354 g/mol. The van der Waals surface area contributed by atoms with Crippen molar-refractivity contribution < 1.29 is 31.1 Å². The fraction of sp³-hybridized carbons (Fsp3) is 0.462. The van der Waals surface area contributed by atoms with E-state index in [0.717, 1.165) is 28.6 Å². The number of hydrogen-bond donors (Lipinski definition) is 1. The molecule has 0 radical (unpaired) electrons. The third kappa shape index (κ3) is 6.06. The molecule has 0 aliphatic carbocycles. The van der Waals surface area contributed by atoms with Crippen molar-refractivity contribution in [3.63, 3.8) is 0 Å². The van der Waals surface area contributed by atoms with E-state index in [9.17, 15) is 26.4 Å². The molecule has 0 aliphatic heterocycles. The first-order valence-corrected chi connectivity index (χ1v) is 8.09. The Kier molecular flexibility index (Phi) is 6.39.